The second-order valence-corrected chi connectivity index (χ2v) is 0.495. The minimum Gasteiger partial charge on any atom is -0.418 e. The predicted molar refractivity (Wildman–Crippen MR) is 10.2 cm³/mol. The number of hydrogen-bond donors (Lipinski definition) is 0. The second-order valence-electron chi connectivity index (χ2n) is 0.495. The van der Waals surface area contributed by atoms with Crippen molar-refractivity contribution in [1.82, 2.24) is 0 Å². The van der Waals surface area contributed by atoms with Crippen LogP contribution in [-0.4, -0.2) is 7.25 Å². The average molecular weight is 199 g/mol. The fourth-order valence-electron chi connectivity index (χ4n) is 0. The molecule has 0 unspecified atom stereocenters. The topological polar surface area (TPSA) is 0 Å². The molecule has 0 fully saturated rings. The van der Waals surface area contributed by atoms with Crippen molar-refractivity contribution in [2.45, 2.75) is 0 Å². The van der Waals surface area contributed by atoms with Crippen molar-refractivity contribution in [3.8, 4) is 0 Å². The van der Waals surface area contributed by atoms with Crippen molar-refractivity contribution in [1.29, 1.82) is 0 Å². The molecule has 0 aromatic heterocycles. The summed E-state index contributed by atoms with van der Waals surface area (Å²) < 4.78 is 39.0. The fourth-order valence-corrected chi connectivity index (χ4v) is 0. The maximum atomic E-state index is 9.75. The van der Waals surface area contributed by atoms with Gasteiger partial charge in [0.2, 0.25) is 0 Å². The van der Waals surface area contributed by atoms with Crippen LogP contribution in [0.3, 0.4) is 0 Å². The molecule has 0 radical (unpaired) electrons. The van der Waals surface area contributed by atoms with Gasteiger partial charge in [0.1, 0.15) is 0 Å². The van der Waals surface area contributed by atoms with Crippen molar-refractivity contribution in [2.75, 3.05) is 0 Å². The van der Waals surface area contributed by atoms with Crippen molar-refractivity contribution >= 4 is 7.25 Å². The first-order chi connectivity index (χ1) is 2.00. The Morgan fingerprint density at radius 3 is 0.833 bits per heavy atom. The van der Waals surface area contributed by atoms with E-state index in [-0.39, 0.29) is 27.3 Å². The SMILES string of the molecule is F[B-](F)(F)F.[Cd+2]. The Morgan fingerprint density at radius 1 is 0.833 bits per heavy atom. The van der Waals surface area contributed by atoms with Gasteiger partial charge in [0.15, 0.2) is 0 Å². The van der Waals surface area contributed by atoms with Crippen LogP contribution in [0.2, 0.25) is 0 Å². The van der Waals surface area contributed by atoms with Crippen molar-refractivity contribution < 1.29 is 44.6 Å². The predicted octanol–water partition coefficient (Wildman–Crippen LogP) is 1.30. The largest absolute Gasteiger partial charge is 2.00 e. The van der Waals surface area contributed by atoms with Gasteiger partial charge < -0.3 is 17.3 Å². The zero-order valence-corrected chi connectivity index (χ0v) is 6.83. The van der Waals surface area contributed by atoms with Gasteiger partial charge in [0.25, 0.3) is 0 Å². The smallest absolute Gasteiger partial charge is 0.418 e. The zero-order chi connectivity index (χ0) is 4.50. The summed E-state index contributed by atoms with van der Waals surface area (Å²) in [6, 6.07) is 0. The molecule has 0 bridgehead atoms. The van der Waals surface area contributed by atoms with Crippen molar-refractivity contribution in [3.05, 3.63) is 0 Å². The van der Waals surface area contributed by atoms with E-state index in [2.05, 4.69) is 0 Å². The first-order valence-corrected chi connectivity index (χ1v) is 0.873. The molecule has 0 aliphatic heterocycles. The molecule has 0 spiro atoms. The molecule has 0 aliphatic carbocycles. The van der Waals surface area contributed by atoms with Gasteiger partial charge in [0, 0.05) is 0 Å². The van der Waals surface area contributed by atoms with Crippen LogP contribution in [0.1, 0.15) is 0 Å². The molecule has 0 N–H and O–H groups in total. The maximum Gasteiger partial charge on any atom is 2.00 e. The minimum atomic E-state index is -6.00. The molecule has 6 heavy (non-hydrogen) atoms. The molecule has 0 rings (SSSR count). The molecule has 0 saturated heterocycles. The van der Waals surface area contributed by atoms with Crippen LogP contribution in [-0.2, 0) is 27.3 Å². The average Bonchev–Trinajstić information content (AvgIpc) is 0.722. The molecular formula is BCdF4+. The third kappa shape index (κ3) is 129. The van der Waals surface area contributed by atoms with E-state index in [4.69, 9.17) is 0 Å². The van der Waals surface area contributed by atoms with Crippen LogP contribution < -0.4 is 0 Å². The summed E-state index contributed by atoms with van der Waals surface area (Å²) in [5.74, 6) is 0. The summed E-state index contributed by atoms with van der Waals surface area (Å²) >= 11 is 0. The van der Waals surface area contributed by atoms with Crippen LogP contribution >= 0.6 is 0 Å². The van der Waals surface area contributed by atoms with E-state index >= 15 is 0 Å². The van der Waals surface area contributed by atoms with Crippen LogP contribution in [0.25, 0.3) is 0 Å². The molecule has 0 aromatic rings. The molecule has 0 amide bonds. The Kier molecular flexibility index (Phi) is 4.62. The monoisotopic (exact) mass is 201 g/mol. The molecule has 32 valence electrons. The quantitative estimate of drug-likeness (QED) is 0.407. The standard InChI is InChI=1S/BF4.Cd/c2-1(3,4)5;/q-1;+2. The van der Waals surface area contributed by atoms with Gasteiger partial charge >= 0.3 is 34.6 Å². The summed E-state index contributed by atoms with van der Waals surface area (Å²) in [6.07, 6.45) is 0. The van der Waals surface area contributed by atoms with Gasteiger partial charge in [-0.15, -0.1) is 0 Å². The van der Waals surface area contributed by atoms with Crippen LogP contribution in [0, 0.1) is 0 Å². The van der Waals surface area contributed by atoms with Gasteiger partial charge in [0.05, 0.1) is 0 Å². The summed E-state index contributed by atoms with van der Waals surface area (Å²) in [5, 5.41) is 0. The molecule has 0 atom stereocenters. The summed E-state index contributed by atoms with van der Waals surface area (Å²) in [5.41, 5.74) is 0. The molecular weight excluding hydrogens is 199 g/mol. The number of halogens is 4. The molecule has 0 saturated carbocycles. The molecule has 0 aliphatic rings. The van der Waals surface area contributed by atoms with Gasteiger partial charge in [-0.1, -0.05) is 0 Å². The fraction of sp³-hybridized carbons (Fsp3) is 0. The minimum absolute atomic E-state index is 0. The van der Waals surface area contributed by atoms with Gasteiger partial charge in [-0.2, -0.15) is 0 Å². The summed E-state index contributed by atoms with van der Waals surface area (Å²) in [4.78, 5) is 0. The van der Waals surface area contributed by atoms with E-state index < -0.39 is 7.25 Å². The van der Waals surface area contributed by atoms with E-state index in [1.807, 2.05) is 0 Å². The normalized spacial score (nSPS) is 10.0. The Bertz CT molecular complexity index is 23.0. The molecule has 6 heteroatoms. The third-order valence-electron chi connectivity index (χ3n) is 0. The van der Waals surface area contributed by atoms with Crippen molar-refractivity contribution in [2.24, 2.45) is 0 Å². The van der Waals surface area contributed by atoms with Crippen LogP contribution in [0.4, 0.5) is 17.3 Å². The van der Waals surface area contributed by atoms with E-state index in [0.717, 1.165) is 0 Å². The van der Waals surface area contributed by atoms with Crippen LogP contribution in [0.15, 0.2) is 0 Å². The number of rotatable bonds is 0. The van der Waals surface area contributed by atoms with E-state index in [9.17, 15) is 17.3 Å². The van der Waals surface area contributed by atoms with Crippen molar-refractivity contribution in [3.63, 3.8) is 0 Å². The van der Waals surface area contributed by atoms with E-state index in [1.54, 1.807) is 0 Å². The maximum absolute atomic E-state index is 9.75. The Morgan fingerprint density at radius 2 is 0.833 bits per heavy atom. The molecule has 0 aromatic carbocycles. The second kappa shape index (κ2) is 2.81. The Balaban J connectivity index is 0. The van der Waals surface area contributed by atoms with Crippen LogP contribution in [0.5, 0.6) is 0 Å². The van der Waals surface area contributed by atoms with E-state index in [1.165, 1.54) is 0 Å². The van der Waals surface area contributed by atoms with Gasteiger partial charge in [-0.3, -0.25) is 0 Å². The zero-order valence-electron chi connectivity index (χ0n) is 2.80. The summed E-state index contributed by atoms with van der Waals surface area (Å²) in [7, 11) is -6.00. The Labute approximate surface area is 52.2 Å². The first kappa shape index (κ1) is 9.86. The number of hydrogen-bond acceptors (Lipinski definition) is 0. The van der Waals surface area contributed by atoms with Gasteiger partial charge in [-0.05, 0) is 0 Å². The molecule has 0 nitrogen and oxygen atoms in total. The van der Waals surface area contributed by atoms with Gasteiger partial charge in [-0.25, -0.2) is 0 Å². The molecule has 0 heterocycles. The first-order valence-electron chi connectivity index (χ1n) is 0.873. The summed E-state index contributed by atoms with van der Waals surface area (Å²) in [6.45, 7) is 0. The third-order valence-corrected chi connectivity index (χ3v) is 0. The Hall–Kier alpha value is 0.707. The van der Waals surface area contributed by atoms with E-state index in [0.29, 0.717) is 0 Å².